The molecule has 0 radical (unpaired) electrons. The second-order valence-corrected chi connectivity index (χ2v) is 2.66. The summed E-state index contributed by atoms with van der Waals surface area (Å²) in [6.45, 7) is 0. The number of hydrogen-bond donors (Lipinski definition) is 0. The molecule has 0 saturated carbocycles. The van der Waals surface area contributed by atoms with Gasteiger partial charge in [0, 0.05) is 11.9 Å². The Labute approximate surface area is 169 Å². The van der Waals surface area contributed by atoms with E-state index in [0.717, 1.165) is 12.8 Å². The summed E-state index contributed by atoms with van der Waals surface area (Å²) in [7, 11) is 0. The Morgan fingerprint density at radius 3 is 1.21 bits per heavy atom. The summed E-state index contributed by atoms with van der Waals surface area (Å²) < 4.78 is 0. The van der Waals surface area contributed by atoms with Crippen LogP contribution in [0.3, 0.4) is 0 Å². The number of carbonyl (C=O) groups excluding carboxylic acids is 2. The van der Waals surface area contributed by atoms with Crippen molar-refractivity contribution in [1.82, 2.24) is 0 Å². The number of hydrogen-bond acceptors (Lipinski definition) is 4. The number of unbranched alkanes of at least 4 members (excludes halogenated alkanes) is 3. The molecule has 0 aromatic rings. The predicted molar refractivity (Wildman–Crippen MR) is 37.7 cm³/mol. The van der Waals surface area contributed by atoms with E-state index >= 15 is 0 Å². The second-order valence-electron chi connectivity index (χ2n) is 2.66. The molecule has 0 aliphatic carbocycles. The largest absolute Gasteiger partial charge is 1.00 e. The molecule has 0 aliphatic rings. The van der Waals surface area contributed by atoms with Crippen LogP contribution in [0.4, 0.5) is 0 Å². The van der Waals surface area contributed by atoms with E-state index in [4.69, 9.17) is 0 Å². The molecule has 6 heteroatoms. The normalized spacial score (nSPS) is 8.29. The summed E-state index contributed by atoms with van der Waals surface area (Å²) in [5.74, 6) is -2.09. The zero-order chi connectivity index (χ0) is 9.40. The molecule has 4 nitrogen and oxygen atoms in total. The molecule has 0 rings (SSSR count). The molecule has 14 heavy (non-hydrogen) atoms. The molecule has 0 amide bonds. The molecule has 70 valence electrons. The van der Waals surface area contributed by atoms with Gasteiger partial charge in [-0.1, -0.05) is 12.8 Å². The minimum atomic E-state index is -1.05. The van der Waals surface area contributed by atoms with Crippen LogP contribution in [0.5, 0.6) is 0 Å². The van der Waals surface area contributed by atoms with Crippen molar-refractivity contribution >= 4 is 11.9 Å². The van der Waals surface area contributed by atoms with Crippen LogP contribution in [0.25, 0.3) is 0 Å². The van der Waals surface area contributed by atoms with Crippen LogP contribution in [0, 0.1) is 0 Å². The van der Waals surface area contributed by atoms with Crippen molar-refractivity contribution in [1.29, 1.82) is 0 Å². The zero-order valence-corrected chi connectivity index (χ0v) is 15.1. The van der Waals surface area contributed by atoms with Crippen molar-refractivity contribution in [2.45, 2.75) is 38.5 Å². The van der Waals surface area contributed by atoms with E-state index in [-0.39, 0.29) is 116 Å². The summed E-state index contributed by atoms with van der Waals surface area (Å²) >= 11 is 0. The van der Waals surface area contributed by atoms with Crippen LogP contribution in [0.1, 0.15) is 38.5 Å². The van der Waals surface area contributed by atoms with Gasteiger partial charge in [0.1, 0.15) is 0 Å². The van der Waals surface area contributed by atoms with Crippen LogP contribution >= 0.6 is 0 Å². The van der Waals surface area contributed by atoms with Crippen molar-refractivity contribution in [2.24, 2.45) is 0 Å². The molecule has 0 aromatic heterocycles. The van der Waals surface area contributed by atoms with Crippen molar-refractivity contribution in [2.75, 3.05) is 0 Å². The number of carboxylic acids is 2. The molecule has 0 aromatic carbocycles. The molecular weight excluding hydrogens is 238 g/mol. The maximum absolute atomic E-state index is 9.92. The van der Waals surface area contributed by atoms with E-state index in [1.165, 1.54) is 0 Å². The van der Waals surface area contributed by atoms with Crippen LogP contribution in [0.2, 0.25) is 0 Å². The van der Waals surface area contributed by atoms with Gasteiger partial charge in [-0.25, -0.2) is 0 Å². The van der Waals surface area contributed by atoms with Gasteiger partial charge >= 0.3 is 103 Å². The van der Waals surface area contributed by atoms with Gasteiger partial charge in [-0.3, -0.25) is 0 Å². The molecule has 0 atom stereocenters. The second kappa shape index (κ2) is 15.2. The number of aliphatic carboxylic acids is 2. The first kappa shape index (κ1) is 21.5. The Kier molecular flexibility index (Phi) is 23.4. The first-order chi connectivity index (χ1) is 5.63. The first-order valence-electron chi connectivity index (χ1n) is 4.02. The van der Waals surface area contributed by atoms with Gasteiger partial charge in [-0.2, -0.15) is 0 Å². The number of carboxylic acid groups (broad SMARTS) is 2. The molecule has 0 bridgehead atoms. The Bertz CT molecular complexity index is 143. The van der Waals surface area contributed by atoms with Gasteiger partial charge in [0.2, 0.25) is 0 Å². The SMILES string of the molecule is O=C([O-])CCCCCCC(=O)[O-].[K+].[K+]. The topological polar surface area (TPSA) is 80.3 Å². The van der Waals surface area contributed by atoms with Crippen molar-refractivity contribution in [3.05, 3.63) is 0 Å². The van der Waals surface area contributed by atoms with E-state index in [0.29, 0.717) is 12.8 Å². The van der Waals surface area contributed by atoms with Crippen molar-refractivity contribution < 1.29 is 123 Å². The monoisotopic (exact) mass is 250 g/mol. The summed E-state index contributed by atoms with van der Waals surface area (Å²) in [4.78, 5) is 19.8. The average Bonchev–Trinajstić information content (AvgIpc) is 1.95. The maximum Gasteiger partial charge on any atom is 1.00 e. The smallest absolute Gasteiger partial charge is 0.550 e. The Balaban J connectivity index is -0.000000605. The van der Waals surface area contributed by atoms with E-state index in [1.807, 2.05) is 0 Å². The van der Waals surface area contributed by atoms with Crippen molar-refractivity contribution in [3.63, 3.8) is 0 Å². The number of carbonyl (C=O) groups is 2. The fourth-order valence-corrected chi connectivity index (χ4v) is 0.892. The molecule has 0 aliphatic heterocycles. The third kappa shape index (κ3) is 19.7. The number of rotatable bonds is 7. The molecule has 0 spiro atoms. The van der Waals surface area contributed by atoms with Gasteiger partial charge in [0.15, 0.2) is 0 Å². The van der Waals surface area contributed by atoms with Crippen LogP contribution < -0.4 is 113 Å². The standard InChI is InChI=1S/C8H14O4.2K/c9-7(10)5-3-1-2-4-6-8(11)12;;/h1-6H2,(H,9,10)(H,11,12);;/q;2*+1/p-2. The maximum atomic E-state index is 9.92. The summed E-state index contributed by atoms with van der Waals surface area (Å²) in [6.07, 6.45) is 2.73. The summed E-state index contributed by atoms with van der Waals surface area (Å²) in [6, 6.07) is 0. The summed E-state index contributed by atoms with van der Waals surface area (Å²) in [5.41, 5.74) is 0. The van der Waals surface area contributed by atoms with E-state index in [2.05, 4.69) is 0 Å². The van der Waals surface area contributed by atoms with E-state index in [1.54, 1.807) is 0 Å². The predicted octanol–water partition coefficient (Wildman–Crippen LogP) is -7.17. The van der Waals surface area contributed by atoms with Gasteiger partial charge in [-0.05, 0) is 25.7 Å². The average molecular weight is 250 g/mol. The molecular formula is C8H12K2O4. The quantitative estimate of drug-likeness (QED) is 0.332. The third-order valence-electron chi connectivity index (χ3n) is 1.51. The van der Waals surface area contributed by atoms with E-state index < -0.39 is 11.9 Å². The van der Waals surface area contributed by atoms with E-state index in [9.17, 15) is 19.8 Å². The fraction of sp³-hybridized carbons (Fsp3) is 0.750. The minimum Gasteiger partial charge on any atom is -0.550 e. The van der Waals surface area contributed by atoms with Crippen LogP contribution in [0.15, 0.2) is 0 Å². The van der Waals surface area contributed by atoms with Crippen molar-refractivity contribution in [3.8, 4) is 0 Å². The molecule has 0 heterocycles. The molecule has 0 N–H and O–H groups in total. The third-order valence-corrected chi connectivity index (χ3v) is 1.51. The first-order valence-corrected chi connectivity index (χ1v) is 4.02. The Hall–Kier alpha value is 2.21. The van der Waals surface area contributed by atoms with Gasteiger partial charge < -0.3 is 19.8 Å². The molecule has 0 saturated heterocycles. The van der Waals surface area contributed by atoms with Gasteiger partial charge in [-0.15, -0.1) is 0 Å². The van der Waals surface area contributed by atoms with Crippen LogP contribution in [-0.2, 0) is 9.59 Å². The minimum absolute atomic E-state index is 0. The van der Waals surface area contributed by atoms with Crippen LogP contribution in [-0.4, -0.2) is 11.9 Å². The summed E-state index contributed by atoms with van der Waals surface area (Å²) in [5, 5.41) is 19.8. The molecule has 0 fully saturated rings. The Morgan fingerprint density at radius 1 is 0.714 bits per heavy atom. The Morgan fingerprint density at radius 2 is 1.00 bits per heavy atom. The van der Waals surface area contributed by atoms with Gasteiger partial charge in [0.25, 0.3) is 0 Å². The van der Waals surface area contributed by atoms with Gasteiger partial charge in [0.05, 0.1) is 0 Å². The molecule has 0 unspecified atom stereocenters. The fourth-order valence-electron chi connectivity index (χ4n) is 0.892. The zero-order valence-electron chi connectivity index (χ0n) is 8.88.